The lowest BCUT2D eigenvalue weighted by Gasteiger charge is -2.10. The van der Waals surface area contributed by atoms with Crippen LogP contribution < -0.4 is 10.9 Å². The molecule has 0 aliphatic heterocycles. The molecule has 0 unspecified atom stereocenters. The third-order valence-electron chi connectivity index (χ3n) is 4.27. The molecule has 0 spiro atoms. The van der Waals surface area contributed by atoms with Gasteiger partial charge in [0.2, 0.25) is 0 Å². The number of halogens is 1. The number of hydrogen-bond donors (Lipinski definition) is 1. The van der Waals surface area contributed by atoms with Crippen LogP contribution in [-0.2, 0) is 6.54 Å². The molecule has 0 saturated heterocycles. The quantitative estimate of drug-likeness (QED) is 0.776. The molecular formula is C21H19FN2O2. The van der Waals surface area contributed by atoms with E-state index in [1.807, 2.05) is 26.0 Å². The Bertz CT molecular complexity index is 1020. The molecule has 1 N–H and O–H groups in total. The van der Waals surface area contributed by atoms with Crippen LogP contribution in [0.15, 0.2) is 65.6 Å². The van der Waals surface area contributed by atoms with Crippen LogP contribution in [-0.4, -0.2) is 10.5 Å². The zero-order valence-corrected chi connectivity index (χ0v) is 14.6. The molecule has 132 valence electrons. The minimum absolute atomic E-state index is 0.0436. The lowest BCUT2D eigenvalue weighted by Crippen LogP contribution is -2.29. The molecule has 3 aromatic rings. The maximum Gasteiger partial charge on any atom is 0.263 e. The van der Waals surface area contributed by atoms with Gasteiger partial charge in [-0.15, -0.1) is 0 Å². The second-order valence-corrected chi connectivity index (χ2v) is 6.24. The van der Waals surface area contributed by atoms with Gasteiger partial charge in [0.25, 0.3) is 11.5 Å². The van der Waals surface area contributed by atoms with E-state index < -0.39 is 11.5 Å². The summed E-state index contributed by atoms with van der Waals surface area (Å²) in [5, 5.41) is 2.76. The molecule has 0 fully saturated rings. The molecule has 0 atom stereocenters. The van der Waals surface area contributed by atoms with Crippen molar-refractivity contribution in [3.8, 4) is 0 Å². The number of amides is 1. The highest BCUT2D eigenvalue weighted by Gasteiger charge is 2.13. The maximum absolute atomic E-state index is 13.3. The monoisotopic (exact) mass is 350 g/mol. The van der Waals surface area contributed by atoms with Crippen molar-refractivity contribution in [3.05, 3.63) is 99.2 Å². The van der Waals surface area contributed by atoms with Crippen molar-refractivity contribution in [2.75, 3.05) is 5.32 Å². The highest BCUT2D eigenvalue weighted by atomic mass is 19.1. The van der Waals surface area contributed by atoms with Gasteiger partial charge >= 0.3 is 0 Å². The van der Waals surface area contributed by atoms with Gasteiger partial charge in [0.1, 0.15) is 11.4 Å². The van der Waals surface area contributed by atoms with E-state index in [1.54, 1.807) is 30.5 Å². The standard InChI is InChI=1S/C21H19FN2O2/c1-14-8-9-18(11-15(14)2)23-20(25)19-7-4-10-24(21(19)26)13-16-5-3-6-17(22)12-16/h3-12H,13H2,1-2H3,(H,23,25). The van der Waals surface area contributed by atoms with E-state index in [1.165, 1.54) is 22.8 Å². The summed E-state index contributed by atoms with van der Waals surface area (Å²) in [7, 11) is 0. The number of nitrogens with zero attached hydrogens (tertiary/aromatic N) is 1. The first-order valence-corrected chi connectivity index (χ1v) is 8.26. The summed E-state index contributed by atoms with van der Waals surface area (Å²) >= 11 is 0. The molecule has 1 aromatic heterocycles. The second-order valence-electron chi connectivity index (χ2n) is 6.24. The van der Waals surface area contributed by atoms with E-state index in [2.05, 4.69) is 5.32 Å². The Morgan fingerprint density at radius 3 is 2.58 bits per heavy atom. The highest BCUT2D eigenvalue weighted by Crippen LogP contribution is 2.15. The summed E-state index contributed by atoms with van der Waals surface area (Å²) in [5.74, 6) is -0.828. The van der Waals surface area contributed by atoms with Crippen LogP contribution in [0, 0.1) is 19.7 Å². The summed E-state index contributed by atoms with van der Waals surface area (Å²) in [6, 6.07) is 14.7. The normalized spacial score (nSPS) is 10.6. The van der Waals surface area contributed by atoms with E-state index in [4.69, 9.17) is 0 Å². The average molecular weight is 350 g/mol. The highest BCUT2D eigenvalue weighted by molar-refractivity contribution is 6.04. The minimum atomic E-state index is -0.466. The van der Waals surface area contributed by atoms with Gasteiger partial charge < -0.3 is 9.88 Å². The summed E-state index contributed by atoms with van der Waals surface area (Å²) < 4.78 is 14.7. The Balaban J connectivity index is 1.85. The number of rotatable bonds is 4. The first kappa shape index (κ1) is 17.6. The summed E-state index contributed by atoms with van der Waals surface area (Å²) in [4.78, 5) is 25.1. The molecule has 2 aromatic carbocycles. The van der Waals surface area contributed by atoms with Gasteiger partial charge in [0.05, 0.1) is 6.54 Å². The van der Waals surface area contributed by atoms with Crippen LogP contribution in [0.1, 0.15) is 27.0 Å². The molecule has 0 saturated carbocycles. The predicted octanol–water partition coefficient (Wildman–Crippen LogP) is 3.90. The van der Waals surface area contributed by atoms with Crippen molar-refractivity contribution < 1.29 is 9.18 Å². The molecule has 0 bridgehead atoms. The SMILES string of the molecule is Cc1ccc(NC(=O)c2cccn(Cc3cccc(F)c3)c2=O)cc1C. The third-order valence-corrected chi connectivity index (χ3v) is 4.27. The van der Waals surface area contributed by atoms with Gasteiger partial charge in [-0.1, -0.05) is 18.2 Å². The van der Waals surface area contributed by atoms with Crippen molar-refractivity contribution in [2.24, 2.45) is 0 Å². The third kappa shape index (κ3) is 3.88. The molecule has 5 heteroatoms. The summed E-state index contributed by atoms with van der Waals surface area (Å²) in [6.45, 7) is 4.14. The largest absolute Gasteiger partial charge is 0.322 e. The van der Waals surface area contributed by atoms with Crippen molar-refractivity contribution in [1.82, 2.24) is 4.57 Å². The molecule has 1 heterocycles. The van der Waals surface area contributed by atoms with E-state index in [0.29, 0.717) is 11.3 Å². The van der Waals surface area contributed by atoms with Gasteiger partial charge in [0, 0.05) is 11.9 Å². The number of nitrogens with one attached hydrogen (secondary N) is 1. The fourth-order valence-corrected chi connectivity index (χ4v) is 2.68. The average Bonchev–Trinajstić information content (AvgIpc) is 2.60. The Morgan fingerprint density at radius 2 is 1.85 bits per heavy atom. The lowest BCUT2D eigenvalue weighted by molar-refractivity contribution is 0.102. The number of hydrogen-bond acceptors (Lipinski definition) is 2. The van der Waals surface area contributed by atoms with Crippen LogP contribution in [0.3, 0.4) is 0 Å². The fraction of sp³-hybridized carbons (Fsp3) is 0.143. The Hall–Kier alpha value is -3.21. The van der Waals surface area contributed by atoms with Gasteiger partial charge in [-0.25, -0.2) is 4.39 Å². The maximum atomic E-state index is 13.3. The lowest BCUT2D eigenvalue weighted by atomic mass is 10.1. The van der Waals surface area contributed by atoms with E-state index >= 15 is 0 Å². The zero-order valence-electron chi connectivity index (χ0n) is 14.6. The Kier molecular flexibility index (Phi) is 4.98. The number of carbonyl (C=O) groups is 1. The molecule has 0 aliphatic carbocycles. The van der Waals surface area contributed by atoms with Crippen LogP contribution in [0.25, 0.3) is 0 Å². The van der Waals surface area contributed by atoms with Crippen molar-refractivity contribution in [1.29, 1.82) is 0 Å². The predicted molar refractivity (Wildman–Crippen MR) is 100 cm³/mol. The molecule has 1 amide bonds. The molecule has 3 rings (SSSR count). The summed E-state index contributed by atoms with van der Waals surface area (Å²) in [6.07, 6.45) is 1.58. The number of benzene rings is 2. The van der Waals surface area contributed by atoms with E-state index in [0.717, 1.165) is 11.1 Å². The number of pyridine rings is 1. The van der Waals surface area contributed by atoms with Crippen molar-refractivity contribution in [2.45, 2.75) is 20.4 Å². The van der Waals surface area contributed by atoms with Crippen molar-refractivity contribution >= 4 is 11.6 Å². The van der Waals surface area contributed by atoms with Crippen LogP contribution >= 0.6 is 0 Å². The zero-order chi connectivity index (χ0) is 18.7. The Labute approximate surface area is 150 Å². The van der Waals surface area contributed by atoms with Crippen molar-refractivity contribution in [3.63, 3.8) is 0 Å². The fourth-order valence-electron chi connectivity index (χ4n) is 2.68. The van der Waals surface area contributed by atoms with Gasteiger partial charge in [0.15, 0.2) is 0 Å². The van der Waals surface area contributed by atoms with E-state index in [-0.39, 0.29) is 17.9 Å². The first-order valence-electron chi connectivity index (χ1n) is 8.26. The minimum Gasteiger partial charge on any atom is -0.322 e. The number of carbonyl (C=O) groups excluding carboxylic acids is 1. The van der Waals surface area contributed by atoms with Crippen LogP contribution in [0.4, 0.5) is 10.1 Å². The van der Waals surface area contributed by atoms with Gasteiger partial charge in [-0.2, -0.15) is 0 Å². The van der Waals surface area contributed by atoms with Crippen LogP contribution in [0.2, 0.25) is 0 Å². The number of anilines is 1. The smallest absolute Gasteiger partial charge is 0.263 e. The molecule has 0 radical (unpaired) electrons. The molecule has 4 nitrogen and oxygen atoms in total. The first-order chi connectivity index (χ1) is 12.4. The Morgan fingerprint density at radius 1 is 1.04 bits per heavy atom. The second kappa shape index (κ2) is 7.35. The molecule has 26 heavy (non-hydrogen) atoms. The number of aryl methyl sites for hydroxylation is 2. The summed E-state index contributed by atoms with van der Waals surface area (Å²) in [5.41, 5.74) is 3.09. The van der Waals surface area contributed by atoms with Crippen LogP contribution in [0.5, 0.6) is 0 Å². The topological polar surface area (TPSA) is 51.1 Å². The van der Waals surface area contributed by atoms with E-state index in [9.17, 15) is 14.0 Å². The molecule has 0 aliphatic rings. The molecular weight excluding hydrogens is 331 g/mol. The van der Waals surface area contributed by atoms with Gasteiger partial charge in [-0.05, 0) is 66.9 Å². The number of aromatic nitrogens is 1. The van der Waals surface area contributed by atoms with Gasteiger partial charge in [-0.3, -0.25) is 9.59 Å².